The molecule has 0 spiro atoms. The molecule has 0 bridgehead atoms. The number of piperazine rings is 1. The summed E-state index contributed by atoms with van der Waals surface area (Å²) < 4.78 is 0. The van der Waals surface area contributed by atoms with Gasteiger partial charge < -0.3 is 5.32 Å². The number of rotatable bonds is 3. The second-order valence-corrected chi connectivity index (χ2v) is 6.68. The van der Waals surface area contributed by atoms with Crippen LogP contribution in [0.15, 0.2) is 0 Å². The van der Waals surface area contributed by atoms with Gasteiger partial charge in [-0.3, -0.25) is 9.80 Å². The van der Waals surface area contributed by atoms with E-state index in [2.05, 4.69) is 29.1 Å². The van der Waals surface area contributed by atoms with Gasteiger partial charge >= 0.3 is 0 Å². The Balaban J connectivity index is 1.58. The second-order valence-electron chi connectivity index (χ2n) is 6.68. The van der Waals surface area contributed by atoms with Crippen molar-refractivity contribution < 1.29 is 0 Å². The van der Waals surface area contributed by atoms with Crippen LogP contribution in [0.5, 0.6) is 0 Å². The van der Waals surface area contributed by atoms with Crippen LogP contribution in [0.2, 0.25) is 0 Å². The van der Waals surface area contributed by atoms with E-state index in [-0.39, 0.29) is 0 Å². The normalized spacial score (nSPS) is 42.3. The van der Waals surface area contributed by atoms with E-state index in [9.17, 15) is 0 Å². The summed E-state index contributed by atoms with van der Waals surface area (Å²) >= 11 is 0. The summed E-state index contributed by atoms with van der Waals surface area (Å²) in [6, 6.07) is 2.41. The molecular formula is C15H29N3. The van der Waals surface area contributed by atoms with E-state index >= 15 is 0 Å². The minimum atomic E-state index is 0.762. The summed E-state index contributed by atoms with van der Waals surface area (Å²) in [5.41, 5.74) is 0. The zero-order valence-electron chi connectivity index (χ0n) is 12.1. The maximum absolute atomic E-state index is 3.53. The first kappa shape index (κ1) is 12.9. The molecule has 2 saturated heterocycles. The smallest absolute Gasteiger partial charge is 0.0224 e. The number of nitrogens with one attached hydrogen (secondary N) is 1. The number of nitrogens with zero attached hydrogens (tertiary/aromatic N) is 2. The molecule has 18 heavy (non-hydrogen) atoms. The monoisotopic (exact) mass is 251 g/mol. The van der Waals surface area contributed by atoms with Crippen molar-refractivity contribution in [3.05, 3.63) is 0 Å². The lowest BCUT2D eigenvalue weighted by molar-refractivity contribution is 0.0460. The van der Waals surface area contributed by atoms with E-state index in [0.29, 0.717) is 0 Å². The molecule has 104 valence electrons. The summed E-state index contributed by atoms with van der Waals surface area (Å²) in [7, 11) is 2.14. The van der Waals surface area contributed by atoms with Gasteiger partial charge in [-0.05, 0) is 52.1 Å². The van der Waals surface area contributed by atoms with Crippen molar-refractivity contribution in [1.29, 1.82) is 0 Å². The highest BCUT2D eigenvalue weighted by Crippen LogP contribution is 2.30. The summed E-state index contributed by atoms with van der Waals surface area (Å²) in [6.45, 7) is 7.75. The van der Waals surface area contributed by atoms with Gasteiger partial charge in [0.05, 0.1) is 0 Å². The van der Waals surface area contributed by atoms with Gasteiger partial charge in [0.25, 0.3) is 0 Å². The molecular weight excluding hydrogens is 222 g/mol. The summed E-state index contributed by atoms with van der Waals surface area (Å²) in [5, 5.41) is 3.53. The zero-order chi connectivity index (χ0) is 12.5. The van der Waals surface area contributed by atoms with Gasteiger partial charge in [-0.15, -0.1) is 0 Å². The van der Waals surface area contributed by atoms with E-state index in [1.807, 2.05) is 0 Å². The Morgan fingerprint density at radius 3 is 2.83 bits per heavy atom. The van der Waals surface area contributed by atoms with E-state index < -0.39 is 0 Å². The molecule has 3 fully saturated rings. The third kappa shape index (κ3) is 2.45. The Morgan fingerprint density at radius 2 is 2.00 bits per heavy atom. The molecule has 3 aliphatic rings. The van der Waals surface area contributed by atoms with Crippen LogP contribution in [0.4, 0.5) is 0 Å². The lowest BCUT2D eigenvalue weighted by Crippen LogP contribution is -2.56. The van der Waals surface area contributed by atoms with Crippen molar-refractivity contribution in [2.24, 2.45) is 5.92 Å². The molecule has 0 aromatic heterocycles. The van der Waals surface area contributed by atoms with Crippen LogP contribution in [-0.2, 0) is 0 Å². The predicted molar refractivity (Wildman–Crippen MR) is 75.8 cm³/mol. The molecule has 1 saturated carbocycles. The van der Waals surface area contributed by atoms with Crippen LogP contribution >= 0.6 is 0 Å². The highest BCUT2D eigenvalue weighted by atomic mass is 15.3. The van der Waals surface area contributed by atoms with E-state index in [1.165, 1.54) is 58.3 Å². The SMILES string of the molecule is CNC1CCCC1CN1CC2CCCN2CC1C. The standard InChI is InChI=1S/C15H29N3/c1-12-9-17-8-4-6-14(17)11-18(12)10-13-5-3-7-15(13)16-2/h12-16H,3-11H2,1-2H3. The lowest BCUT2D eigenvalue weighted by Gasteiger charge is -2.43. The summed E-state index contributed by atoms with van der Waals surface area (Å²) in [6.07, 6.45) is 7.10. The highest BCUT2D eigenvalue weighted by Gasteiger charge is 2.36. The van der Waals surface area contributed by atoms with Gasteiger partial charge in [-0.25, -0.2) is 0 Å². The number of hydrogen-bond donors (Lipinski definition) is 1. The van der Waals surface area contributed by atoms with Crippen LogP contribution in [0.25, 0.3) is 0 Å². The molecule has 2 aliphatic heterocycles. The van der Waals surface area contributed by atoms with Crippen molar-refractivity contribution in [2.45, 2.75) is 57.2 Å². The largest absolute Gasteiger partial charge is 0.317 e. The molecule has 1 N–H and O–H groups in total. The fourth-order valence-corrected chi connectivity index (χ4v) is 4.44. The quantitative estimate of drug-likeness (QED) is 0.821. The number of hydrogen-bond acceptors (Lipinski definition) is 3. The second kappa shape index (κ2) is 5.48. The van der Waals surface area contributed by atoms with Crippen molar-refractivity contribution >= 4 is 0 Å². The van der Waals surface area contributed by atoms with E-state index in [1.54, 1.807) is 0 Å². The van der Waals surface area contributed by atoms with Crippen LogP contribution < -0.4 is 5.32 Å². The Kier molecular flexibility index (Phi) is 3.92. The lowest BCUT2D eigenvalue weighted by atomic mass is 10.00. The fourth-order valence-electron chi connectivity index (χ4n) is 4.44. The summed E-state index contributed by atoms with van der Waals surface area (Å²) in [4.78, 5) is 5.51. The van der Waals surface area contributed by atoms with Crippen LogP contribution in [-0.4, -0.2) is 61.2 Å². The Labute approximate surface area is 112 Å². The average molecular weight is 251 g/mol. The van der Waals surface area contributed by atoms with Gasteiger partial charge in [0.1, 0.15) is 0 Å². The minimum Gasteiger partial charge on any atom is -0.317 e. The molecule has 3 heteroatoms. The maximum atomic E-state index is 3.53. The zero-order valence-corrected chi connectivity index (χ0v) is 12.1. The topological polar surface area (TPSA) is 18.5 Å². The first-order chi connectivity index (χ1) is 8.78. The molecule has 2 heterocycles. The fraction of sp³-hybridized carbons (Fsp3) is 1.00. The van der Waals surface area contributed by atoms with Gasteiger partial charge in [0, 0.05) is 37.8 Å². The molecule has 0 aromatic rings. The van der Waals surface area contributed by atoms with Crippen molar-refractivity contribution in [3.8, 4) is 0 Å². The Bertz CT molecular complexity index is 281. The van der Waals surface area contributed by atoms with Crippen molar-refractivity contribution in [3.63, 3.8) is 0 Å². The van der Waals surface area contributed by atoms with Gasteiger partial charge in [-0.2, -0.15) is 0 Å². The van der Waals surface area contributed by atoms with Gasteiger partial charge in [-0.1, -0.05) is 6.42 Å². The molecule has 4 atom stereocenters. The predicted octanol–water partition coefficient (Wildman–Crippen LogP) is 1.54. The van der Waals surface area contributed by atoms with Crippen LogP contribution in [0.1, 0.15) is 39.0 Å². The van der Waals surface area contributed by atoms with E-state index in [4.69, 9.17) is 0 Å². The first-order valence-electron chi connectivity index (χ1n) is 7.93. The van der Waals surface area contributed by atoms with Crippen molar-refractivity contribution in [1.82, 2.24) is 15.1 Å². The van der Waals surface area contributed by atoms with Crippen LogP contribution in [0.3, 0.4) is 0 Å². The third-order valence-corrected chi connectivity index (χ3v) is 5.57. The summed E-state index contributed by atoms with van der Waals surface area (Å²) in [5.74, 6) is 0.894. The Hall–Kier alpha value is -0.120. The third-order valence-electron chi connectivity index (χ3n) is 5.57. The minimum absolute atomic E-state index is 0.762. The maximum Gasteiger partial charge on any atom is 0.0224 e. The molecule has 1 aliphatic carbocycles. The molecule has 3 rings (SSSR count). The Morgan fingerprint density at radius 1 is 1.11 bits per heavy atom. The molecule has 0 aromatic carbocycles. The molecule has 3 nitrogen and oxygen atoms in total. The highest BCUT2D eigenvalue weighted by molar-refractivity contribution is 4.93. The van der Waals surface area contributed by atoms with Gasteiger partial charge in [0.15, 0.2) is 0 Å². The molecule has 4 unspecified atom stereocenters. The van der Waals surface area contributed by atoms with Crippen LogP contribution in [0, 0.1) is 5.92 Å². The first-order valence-corrected chi connectivity index (χ1v) is 7.93. The van der Waals surface area contributed by atoms with E-state index in [0.717, 1.165) is 24.0 Å². The van der Waals surface area contributed by atoms with Crippen molar-refractivity contribution in [2.75, 3.05) is 33.2 Å². The van der Waals surface area contributed by atoms with Gasteiger partial charge in [0.2, 0.25) is 0 Å². The number of fused-ring (bicyclic) bond motifs is 1. The average Bonchev–Trinajstić information content (AvgIpc) is 2.98. The molecule has 0 radical (unpaired) electrons. The molecule has 0 amide bonds.